The van der Waals surface area contributed by atoms with Crippen molar-refractivity contribution >= 4 is 17.7 Å². The Morgan fingerprint density at radius 3 is 2.79 bits per heavy atom. The van der Waals surface area contributed by atoms with Gasteiger partial charge in [-0.15, -0.1) is 0 Å². The van der Waals surface area contributed by atoms with Crippen molar-refractivity contribution in [3.8, 4) is 0 Å². The second-order valence-electron chi connectivity index (χ2n) is 4.23. The maximum Gasteiger partial charge on any atom is 0.223 e. The largest absolute Gasteiger partial charge is 0.388 e. The van der Waals surface area contributed by atoms with Crippen LogP contribution in [-0.4, -0.2) is 35.2 Å². The van der Waals surface area contributed by atoms with Crippen LogP contribution in [0, 0.1) is 5.92 Å². The first-order valence-corrected chi connectivity index (χ1v) is 6.43. The molecule has 1 atom stereocenters. The van der Waals surface area contributed by atoms with E-state index in [1.807, 2.05) is 6.26 Å². The zero-order valence-corrected chi connectivity index (χ0v) is 9.69. The van der Waals surface area contributed by atoms with Crippen LogP contribution in [0.2, 0.25) is 0 Å². The number of rotatable bonds is 6. The molecule has 0 aromatic rings. The highest BCUT2D eigenvalue weighted by Crippen LogP contribution is 2.28. The minimum atomic E-state index is -0.756. The summed E-state index contributed by atoms with van der Waals surface area (Å²) in [5, 5.41) is 12.7. The average Bonchev–Trinajstić information content (AvgIpc) is 2.94. The van der Waals surface area contributed by atoms with Crippen molar-refractivity contribution in [2.75, 3.05) is 18.6 Å². The van der Waals surface area contributed by atoms with E-state index in [1.165, 1.54) is 0 Å². The molecule has 0 radical (unpaired) electrons. The second-order valence-corrected chi connectivity index (χ2v) is 5.22. The molecule has 0 heterocycles. The Labute approximate surface area is 89.6 Å². The quantitative estimate of drug-likeness (QED) is 0.698. The summed E-state index contributed by atoms with van der Waals surface area (Å²) in [6.45, 7) is 2.15. The van der Waals surface area contributed by atoms with Crippen molar-refractivity contribution in [1.82, 2.24) is 5.32 Å². The van der Waals surface area contributed by atoms with E-state index in [9.17, 15) is 9.90 Å². The topological polar surface area (TPSA) is 49.3 Å². The van der Waals surface area contributed by atoms with Gasteiger partial charge < -0.3 is 10.4 Å². The molecule has 0 aromatic carbocycles. The minimum Gasteiger partial charge on any atom is -0.388 e. The van der Waals surface area contributed by atoms with Gasteiger partial charge in [0.2, 0.25) is 5.91 Å². The van der Waals surface area contributed by atoms with Gasteiger partial charge in [-0.25, -0.2) is 0 Å². The third kappa shape index (κ3) is 4.33. The highest BCUT2D eigenvalue weighted by atomic mass is 32.2. The van der Waals surface area contributed by atoms with E-state index in [-0.39, 0.29) is 11.8 Å². The summed E-state index contributed by atoms with van der Waals surface area (Å²) in [5.41, 5.74) is -0.756. The van der Waals surface area contributed by atoms with Crippen LogP contribution in [0.3, 0.4) is 0 Å². The van der Waals surface area contributed by atoms with Crippen molar-refractivity contribution < 1.29 is 9.90 Å². The normalized spacial score (nSPS) is 20.2. The van der Waals surface area contributed by atoms with Gasteiger partial charge in [-0.3, -0.25) is 4.79 Å². The summed E-state index contributed by atoms with van der Waals surface area (Å²) in [7, 11) is 0. The van der Waals surface area contributed by atoms with Crippen molar-refractivity contribution in [2.24, 2.45) is 5.92 Å². The van der Waals surface area contributed by atoms with Crippen molar-refractivity contribution in [3.63, 3.8) is 0 Å². The van der Waals surface area contributed by atoms with Gasteiger partial charge >= 0.3 is 0 Å². The predicted molar refractivity (Wildman–Crippen MR) is 59.4 cm³/mol. The molecule has 1 fully saturated rings. The Morgan fingerprint density at radius 1 is 1.64 bits per heavy atom. The van der Waals surface area contributed by atoms with Crippen LogP contribution in [0.5, 0.6) is 0 Å². The van der Waals surface area contributed by atoms with Gasteiger partial charge in [-0.2, -0.15) is 11.8 Å². The van der Waals surface area contributed by atoms with Crippen LogP contribution in [0.4, 0.5) is 0 Å². The highest BCUT2D eigenvalue weighted by molar-refractivity contribution is 7.98. The SMILES string of the molecule is CSCC[C@@](C)(O)CNC(=O)C1CC1. The lowest BCUT2D eigenvalue weighted by atomic mass is 10.0. The first-order valence-electron chi connectivity index (χ1n) is 5.04. The number of thioether (sulfide) groups is 1. The second kappa shape index (κ2) is 5.03. The monoisotopic (exact) mass is 217 g/mol. The lowest BCUT2D eigenvalue weighted by molar-refractivity contribution is -0.123. The molecule has 0 aliphatic heterocycles. The standard InChI is InChI=1S/C10H19NO2S/c1-10(13,5-6-14-2)7-11-9(12)8-3-4-8/h8,13H,3-7H2,1-2H3,(H,11,12)/t10-/m1/s1. The fourth-order valence-corrected chi connectivity index (χ4v) is 1.82. The van der Waals surface area contributed by atoms with E-state index in [0.717, 1.165) is 25.0 Å². The third-order valence-electron chi connectivity index (χ3n) is 2.44. The van der Waals surface area contributed by atoms with E-state index in [4.69, 9.17) is 0 Å². The molecule has 1 saturated carbocycles. The van der Waals surface area contributed by atoms with Gasteiger partial charge in [-0.1, -0.05) is 0 Å². The summed E-state index contributed by atoms with van der Waals surface area (Å²) in [6.07, 6.45) is 4.76. The summed E-state index contributed by atoms with van der Waals surface area (Å²) in [5.74, 6) is 1.26. The van der Waals surface area contributed by atoms with Crippen LogP contribution >= 0.6 is 11.8 Å². The number of carbonyl (C=O) groups is 1. The van der Waals surface area contributed by atoms with Crippen molar-refractivity contribution in [3.05, 3.63) is 0 Å². The lowest BCUT2D eigenvalue weighted by Gasteiger charge is -2.23. The molecular formula is C10H19NO2S. The van der Waals surface area contributed by atoms with E-state index in [2.05, 4.69) is 5.32 Å². The molecule has 2 N–H and O–H groups in total. The van der Waals surface area contributed by atoms with Gasteiger partial charge in [0.1, 0.15) is 0 Å². The fourth-order valence-electron chi connectivity index (χ4n) is 1.18. The number of amides is 1. The fraction of sp³-hybridized carbons (Fsp3) is 0.900. The zero-order chi connectivity index (χ0) is 10.6. The average molecular weight is 217 g/mol. The summed E-state index contributed by atoms with van der Waals surface area (Å²) >= 11 is 1.71. The number of hydrogen-bond acceptors (Lipinski definition) is 3. The molecule has 3 nitrogen and oxygen atoms in total. The molecule has 82 valence electrons. The molecule has 14 heavy (non-hydrogen) atoms. The van der Waals surface area contributed by atoms with E-state index < -0.39 is 5.60 Å². The third-order valence-corrected chi connectivity index (χ3v) is 3.05. The molecule has 0 unspecified atom stereocenters. The Hall–Kier alpha value is -0.220. The van der Waals surface area contributed by atoms with Gasteiger partial charge in [0.05, 0.1) is 5.60 Å². The first kappa shape index (κ1) is 11.9. The highest BCUT2D eigenvalue weighted by Gasteiger charge is 2.31. The zero-order valence-electron chi connectivity index (χ0n) is 8.88. The van der Waals surface area contributed by atoms with E-state index in [0.29, 0.717) is 6.54 Å². The van der Waals surface area contributed by atoms with Gasteiger partial charge in [-0.05, 0) is 38.2 Å². The molecule has 1 rings (SSSR count). The van der Waals surface area contributed by atoms with Crippen LogP contribution in [0.25, 0.3) is 0 Å². The summed E-state index contributed by atoms with van der Waals surface area (Å²) in [4.78, 5) is 11.3. The van der Waals surface area contributed by atoms with E-state index in [1.54, 1.807) is 18.7 Å². The van der Waals surface area contributed by atoms with E-state index >= 15 is 0 Å². The molecule has 0 aromatic heterocycles. The summed E-state index contributed by atoms with van der Waals surface area (Å²) in [6, 6.07) is 0. The molecular weight excluding hydrogens is 198 g/mol. The molecule has 1 aliphatic carbocycles. The number of hydrogen-bond donors (Lipinski definition) is 2. The predicted octanol–water partition coefficient (Wildman–Crippen LogP) is 1.02. The van der Waals surface area contributed by atoms with Crippen LogP contribution in [0.15, 0.2) is 0 Å². The van der Waals surface area contributed by atoms with Crippen LogP contribution in [0.1, 0.15) is 26.2 Å². The Morgan fingerprint density at radius 2 is 2.29 bits per heavy atom. The molecule has 1 amide bonds. The Kier molecular flexibility index (Phi) is 4.26. The first-order chi connectivity index (χ1) is 6.55. The molecule has 4 heteroatoms. The number of aliphatic hydroxyl groups is 1. The Bertz CT molecular complexity index is 202. The van der Waals surface area contributed by atoms with Gasteiger partial charge in [0, 0.05) is 12.5 Å². The number of carbonyl (C=O) groups excluding carboxylic acids is 1. The molecule has 0 spiro atoms. The lowest BCUT2D eigenvalue weighted by Crippen LogP contribution is -2.41. The molecule has 0 bridgehead atoms. The maximum absolute atomic E-state index is 11.3. The Balaban J connectivity index is 2.16. The van der Waals surface area contributed by atoms with Crippen LogP contribution < -0.4 is 5.32 Å². The van der Waals surface area contributed by atoms with Gasteiger partial charge in [0.25, 0.3) is 0 Å². The van der Waals surface area contributed by atoms with Crippen molar-refractivity contribution in [1.29, 1.82) is 0 Å². The van der Waals surface area contributed by atoms with Crippen molar-refractivity contribution in [2.45, 2.75) is 31.8 Å². The smallest absolute Gasteiger partial charge is 0.223 e. The van der Waals surface area contributed by atoms with Gasteiger partial charge in [0.15, 0.2) is 0 Å². The maximum atomic E-state index is 11.3. The minimum absolute atomic E-state index is 0.106. The summed E-state index contributed by atoms with van der Waals surface area (Å²) < 4.78 is 0. The molecule has 0 saturated heterocycles. The number of nitrogens with one attached hydrogen (secondary N) is 1. The van der Waals surface area contributed by atoms with Crippen LogP contribution in [-0.2, 0) is 4.79 Å². The molecule has 1 aliphatic rings.